The predicted molar refractivity (Wildman–Crippen MR) is 68.5 cm³/mol. The van der Waals surface area contributed by atoms with Gasteiger partial charge in [-0.1, -0.05) is 37.1 Å². The highest BCUT2D eigenvalue weighted by atomic mass is 16.1. The third-order valence-corrected chi connectivity index (χ3v) is 3.54. The van der Waals surface area contributed by atoms with Crippen LogP contribution < -0.4 is 11.1 Å². The summed E-state index contributed by atoms with van der Waals surface area (Å²) in [6, 6.07) is 8.02. The molecular weight excluding hydrogens is 212 g/mol. The highest BCUT2D eigenvalue weighted by molar-refractivity contribution is 5.81. The van der Waals surface area contributed by atoms with Crippen molar-refractivity contribution in [1.29, 1.82) is 0 Å². The first-order chi connectivity index (χ1) is 8.18. The van der Waals surface area contributed by atoms with Crippen molar-refractivity contribution in [2.45, 2.75) is 44.7 Å². The molecule has 0 aromatic heterocycles. The summed E-state index contributed by atoms with van der Waals surface area (Å²) in [4.78, 5) is 11.6. The van der Waals surface area contributed by atoms with Gasteiger partial charge in [-0.3, -0.25) is 10.1 Å². The molecule has 1 amide bonds. The number of primary amides is 1. The van der Waals surface area contributed by atoms with Gasteiger partial charge in [0.1, 0.15) is 6.04 Å². The molecule has 92 valence electrons. The van der Waals surface area contributed by atoms with E-state index in [1.807, 2.05) is 31.2 Å². The highest BCUT2D eigenvalue weighted by Crippen LogP contribution is 2.23. The molecule has 1 saturated carbocycles. The average molecular weight is 232 g/mol. The monoisotopic (exact) mass is 232 g/mol. The molecule has 1 atom stereocenters. The summed E-state index contributed by atoms with van der Waals surface area (Å²) >= 11 is 0. The quantitative estimate of drug-likeness (QED) is 0.834. The lowest BCUT2D eigenvalue weighted by Gasteiger charge is -2.22. The van der Waals surface area contributed by atoms with Crippen LogP contribution in [0.4, 0.5) is 0 Å². The van der Waals surface area contributed by atoms with Gasteiger partial charge in [0, 0.05) is 6.04 Å². The lowest BCUT2D eigenvalue weighted by molar-refractivity contribution is -0.120. The van der Waals surface area contributed by atoms with E-state index in [0.29, 0.717) is 6.04 Å². The van der Waals surface area contributed by atoms with E-state index >= 15 is 0 Å². The second-order valence-electron chi connectivity index (χ2n) is 4.84. The van der Waals surface area contributed by atoms with E-state index in [4.69, 9.17) is 5.73 Å². The van der Waals surface area contributed by atoms with Crippen LogP contribution in [0.3, 0.4) is 0 Å². The summed E-state index contributed by atoms with van der Waals surface area (Å²) < 4.78 is 0. The molecule has 0 spiro atoms. The Morgan fingerprint density at radius 2 is 2.00 bits per heavy atom. The summed E-state index contributed by atoms with van der Waals surface area (Å²) in [5.74, 6) is -0.286. The number of aryl methyl sites for hydroxylation is 1. The maximum absolute atomic E-state index is 11.6. The smallest absolute Gasteiger partial charge is 0.239 e. The maximum atomic E-state index is 11.6. The van der Waals surface area contributed by atoms with E-state index in [1.54, 1.807) is 0 Å². The van der Waals surface area contributed by atoms with Crippen LogP contribution in [0.15, 0.2) is 24.3 Å². The Balaban J connectivity index is 2.17. The Labute approximate surface area is 102 Å². The zero-order chi connectivity index (χ0) is 12.3. The molecule has 1 aromatic carbocycles. The Morgan fingerprint density at radius 3 is 2.59 bits per heavy atom. The highest BCUT2D eigenvalue weighted by Gasteiger charge is 2.24. The van der Waals surface area contributed by atoms with Crippen LogP contribution >= 0.6 is 0 Å². The predicted octanol–water partition coefficient (Wildman–Crippen LogP) is 2.05. The van der Waals surface area contributed by atoms with Crippen LogP contribution in [-0.2, 0) is 4.79 Å². The molecule has 3 nitrogen and oxygen atoms in total. The summed E-state index contributed by atoms with van der Waals surface area (Å²) in [6.45, 7) is 2.02. The molecular formula is C14H20N2O. The van der Waals surface area contributed by atoms with E-state index in [9.17, 15) is 4.79 Å². The summed E-state index contributed by atoms with van der Waals surface area (Å²) in [7, 11) is 0. The molecule has 1 aromatic rings. The van der Waals surface area contributed by atoms with Crippen molar-refractivity contribution in [3.8, 4) is 0 Å². The number of carbonyl (C=O) groups excluding carboxylic acids is 1. The minimum absolute atomic E-state index is 0.286. The van der Waals surface area contributed by atoms with E-state index < -0.39 is 0 Å². The molecule has 0 aliphatic heterocycles. The van der Waals surface area contributed by atoms with Crippen LogP contribution in [0.2, 0.25) is 0 Å². The van der Waals surface area contributed by atoms with E-state index in [2.05, 4.69) is 5.32 Å². The third kappa shape index (κ3) is 2.86. The van der Waals surface area contributed by atoms with Crippen LogP contribution in [0.5, 0.6) is 0 Å². The Kier molecular flexibility index (Phi) is 3.79. The van der Waals surface area contributed by atoms with Crippen LogP contribution in [0.25, 0.3) is 0 Å². The topological polar surface area (TPSA) is 55.1 Å². The van der Waals surface area contributed by atoms with Gasteiger partial charge in [0.15, 0.2) is 0 Å². The third-order valence-electron chi connectivity index (χ3n) is 3.54. The van der Waals surface area contributed by atoms with Gasteiger partial charge >= 0.3 is 0 Å². The van der Waals surface area contributed by atoms with Crippen molar-refractivity contribution >= 4 is 5.91 Å². The molecule has 3 N–H and O–H groups in total. The van der Waals surface area contributed by atoms with Crippen LogP contribution in [-0.4, -0.2) is 11.9 Å². The molecule has 3 heteroatoms. The van der Waals surface area contributed by atoms with Crippen molar-refractivity contribution in [1.82, 2.24) is 5.32 Å². The average Bonchev–Trinajstić information content (AvgIpc) is 2.79. The number of nitrogens with one attached hydrogen (secondary N) is 1. The van der Waals surface area contributed by atoms with Gasteiger partial charge in [-0.05, 0) is 30.9 Å². The largest absolute Gasteiger partial charge is 0.368 e. The van der Waals surface area contributed by atoms with Crippen molar-refractivity contribution in [3.63, 3.8) is 0 Å². The fourth-order valence-corrected chi connectivity index (χ4v) is 2.56. The normalized spacial score (nSPS) is 18.2. The minimum atomic E-state index is -0.348. The molecule has 1 fully saturated rings. The van der Waals surface area contributed by atoms with Crippen LogP contribution in [0, 0.1) is 6.92 Å². The second-order valence-corrected chi connectivity index (χ2v) is 4.84. The van der Waals surface area contributed by atoms with Gasteiger partial charge in [-0.2, -0.15) is 0 Å². The van der Waals surface area contributed by atoms with Gasteiger partial charge in [-0.25, -0.2) is 0 Å². The number of hydrogen-bond acceptors (Lipinski definition) is 2. The van der Waals surface area contributed by atoms with Gasteiger partial charge in [0.25, 0.3) is 0 Å². The van der Waals surface area contributed by atoms with Crippen molar-refractivity contribution in [2.24, 2.45) is 5.73 Å². The van der Waals surface area contributed by atoms with E-state index in [-0.39, 0.29) is 11.9 Å². The summed E-state index contributed by atoms with van der Waals surface area (Å²) in [5, 5.41) is 3.40. The number of benzene rings is 1. The Bertz CT molecular complexity index is 397. The standard InChI is InChI=1S/C14H20N2O/c1-10-6-2-5-9-12(10)13(14(15)17)16-11-7-3-4-8-11/h2,5-6,9,11,13,16H,3-4,7-8H2,1H3,(H2,15,17). The van der Waals surface area contributed by atoms with Crippen molar-refractivity contribution in [3.05, 3.63) is 35.4 Å². The van der Waals surface area contributed by atoms with E-state index in [0.717, 1.165) is 24.0 Å². The number of amides is 1. The summed E-state index contributed by atoms with van der Waals surface area (Å²) in [5.41, 5.74) is 7.63. The number of nitrogens with two attached hydrogens (primary N) is 1. The van der Waals surface area contributed by atoms with Gasteiger partial charge in [0.05, 0.1) is 0 Å². The first-order valence-corrected chi connectivity index (χ1v) is 6.29. The lowest BCUT2D eigenvalue weighted by atomic mass is 10.00. The molecule has 1 aliphatic carbocycles. The van der Waals surface area contributed by atoms with Crippen molar-refractivity contribution < 1.29 is 4.79 Å². The molecule has 1 unspecified atom stereocenters. The zero-order valence-electron chi connectivity index (χ0n) is 10.3. The molecule has 0 radical (unpaired) electrons. The number of carbonyl (C=O) groups is 1. The lowest BCUT2D eigenvalue weighted by Crippen LogP contribution is -2.39. The Hall–Kier alpha value is -1.35. The first-order valence-electron chi connectivity index (χ1n) is 6.29. The van der Waals surface area contributed by atoms with Gasteiger partial charge in [0.2, 0.25) is 5.91 Å². The molecule has 2 rings (SSSR count). The second kappa shape index (κ2) is 5.32. The van der Waals surface area contributed by atoms with Gasteiger partial charge in [-0.15, -0.1) is 0 Å². The molecule has 0 heterocycles. The first kappa shape index (κ1) is 12.1. The number of rotatable bonds is 4. The molecule has 0 bridgehead atoms. The SMILES string of the molecule is Cc1ccccc1C(NC1CCCC1)C(N)=O. The van der Waals surface area contributed by atoms with E-state index in [1.165, 1.54) is 12.8 Å². The van der Waals surface area contributed by atoms with Crippen LogP contribution in [0.1, 0.15) is 42.9 Å². The molecule has 17 heavy (non-hydrogen) atoms. The zero-order valence-corrected chi connectivity index (χ0v) is 10.3. The number of hydrogen-bond donors (Lipinski definition) is 2. The maximum Gasteiger partial charge on any atom is 0.239 e. The molecule has 1 aliphatic rings. The van der Waals surface area contributed by atoms with Crippen molar-refractivity contribution in [2.75, 3.05) is 0 Å². The van der Waals surface area contributed by atoms with Gasteiger partial charge < -0.3 is 5.73 Å². The summed E-state index contributed by atoms with van der Waals surface area (Å²) in [6.07, 6.45) is 4.79. The minimum Gasteiger partial charge on any atom is -0.368 e. The fourth-order valence-electron chi connectivity index (χ4n) is 2.56. The fraction of sp³-hybridized carbons (Fsp3) is 0.500. The molecule has 0 saturated heterocycles. The Morgan fingerprint density at radius 1 is 1.35 bits per heavy atom.